The molecule has 9 nitrogen and oxygen atoms in total. The van der Waals surface area contributed by atoms with Gasteiger partial charge in [-0.2, -0.15) is 0 Å². The molecule has 3 aromatic carbocycles. The summed E-state index contributed by atoms with van der Waals surface area (Å²) in [5.41, 5.74) is 4.07. The molecule has 0 aliphatic heterocycles. The molecule has 1 heterocycles. The molecule has 1 N–H and O–H groups in total. The highest BCUT2D eigenvalue weighted by molar-refractivity contribution is 7.90. The number of anilines is 1. The van der Waals surface area contributed by atoms with Crippen LogP contribution in [0, 0.1) is 0 Å². The number of nitrogens with one attached hydrogen (secondary N) is 1. The van der Waals surface area contributed by atoms with E-state index in [-0.39, 0.29) is 5.91 Å². The van der Waals surface area contributed by atoms with E-state index in [0.717, 1.165) is 55.0 Å². The minimum atomic E-state index is -1.23. The van der Waals surface area contributed by atoms with Gasteiger partial charge in [0.2, 0.25) is 5.91 Å². The van der Waals surface area contributed by atoms with Crippen molar-refractivity contribution in [1.82, 2.24) is 9.55 Å². The number of hydrogen-bond donors (Lipinski definition) is 1. The van der Waals surface area contributed by atoms with Gasteiger partial charge in [0, 0.05) is 30.5 Å². The van der Waals surface area contributed by atoms with E-state index < -0.39 is 11.2 Å². The quantitative estimate of drug-likeness (QED) is 0.0697. The van der Waals surface area contributed by atoms with Gasteiger partial charge in [-0.25, -0.2) is 4.98 Å². The van der Waals surface area contributed by atoms with Gasteiger partial charge in [-0.15, -0.1) is 0 Å². The lowest BCUT2D eigenvalue weighted by molar-refractivity contribution is -0.111. The molecule has 0 aliphatic rings. The van der Waals surface area contributed by atoms with Gasteiger partial charge < -0.3 is 33.4 Å². The first-order valence-electron chi connectivity index (χ1n) is 15.5. The maximum Gasteiger partial charge on any atom is 0.248 e. The summed E-state index contributed by atoms with van der Waals surface area (Å²) in [6, 6.07) is 18.7. The second-order valence-electron chi connectivity index (χ2n) is 10.6. The van der Waals surface area contributed by atoms with Crippen LogP contribution in [-0.4, -0.2) is 54.1 Å². The number of methoxy groups -OCH3 is 2. The number of aromatic nitrogens is 2. The van der Waals surface area contributed by atoms with Crippen LogP contribution in [0.5, 0.6) is 17.2 Å². The number of unbranched alkanes of at least 4 members (excludes halogenated alkanes) is 1. The normalized spacial score (nSPS) is 11.8. The zero-order valence-corrected chi connectivity index (χ0v) is 27.8. The number of nitrogens with zero attached hydrogens (tertiary/aromatic N) is 2. The molecule has 0 unspecified atom stereocenters. The van der Waals surface area contributed by atoms with Gasteiger partial charge in [0.05, 0.1) is 39.0 Å². The van der Waals surface area contributed by atoms with E-state index in [0.29, 0.717) is 46.6 Å². The van der Waals surface area contributed by atoms with Crippen LogP contribution < -0.4 is 19.5 Å². The molecular formula is C36H43N3O6S. The molecule has 0 fully saturated rings. The van der Waals surface area contributed by atoms with Crippen LogP contribution in [0.4, 0.5) is 5.69 Å². The van der Waals surface area contributed by atoms with Gasteiger partial charge in [0.1, 0.15) is 12.4 Å². The Bertz CT molecular complexity index is 1550. The fourth-order valence-electron chi connectivity index (χ4n) is 4.76. The summed E-state index contributed by atoms with van der Waals surface area (Å²) in [5, 5.41) is 2.87. The first kappa shape index (κ1) is 34.6. The van der Waals surface area contributed by atoms with Crippen molar-refractivity contribution in [2.75, 3.05) is 39.4 Å². The number of aryl methyl sites for hydroxylation is 1. The van der Waals surface area contributed by atoms with Crippen molar-refractivity contribution in [3.8, 4) is 28.4 Å². The molecule has 0 spiro atoms. The van der Waals surface area contributed by atoms with E-state index in [9.17, 15) is 9.35 Å². The minimum absolute atomic E-state index is 0.316. The number of ether oxygens (including phenoxy) is 4. The molecule has 0 saturated carbocycles. The Hall–Kier alpha value is -4.25. The average molecular weight is 646 g/mol. The Morgan fingerprint density at radius 2 is 1.74 bits per heavy atom. The van der Waals surface area contributed by atoms with Crippen molar-refractivity contribution in [3.05, 3.63) is 90.5 Å². The van der Waals surface area contributed by atoms with Gasteiger partial charge in [-0.05, 0) is 89.8 Å². The lowest BCUT2D eigenvalue weighted by atomic mass is 10.0. The zero-order valence-electron chi connectivity index (χ0n) is 27.0. The summed E-state index contributed by atoms with van der Waals surface area (Å²) in [6.45, 7) is 6.87. The highest BCUT2D eigenvalue weighted by Gasteiger charge is 2.16. The van der Waals surface area contributed by atoms with Crippen molar-refractivity contribution in [2.45, 2.75) is 50.3 Å². The van der Waals surface area contributed by atoms with Crippen molar-refractivity contribution in [2.24, 2.45) is 0 Å². The number of carbonyl (C=O) groups excluding carboxylic acids is 1. The summed E-state index contributed by atoms with van der Waals surface area (Å²) in [7, 11) is 3.15. The van der Waals surface area contributed by atoms with Crippen LogP contribution >= 0.6 is 0 Å². The van der Waals surface area contributed by atoms with Crippen molar-refractivity contribution in [1.29, 1.82) is 0 Å². The van der Waals surface area contributed by atoms with E-state index >= 15 is 0 Å². The molecule has 10 heteroatoms. The molecule has 0 bridgehead atoms. The number of amides is 1. The molecule has 0 aliphatic carbocycles. The largest absolute Gasteiger partial charge is 0.611 e. The summed E-state index contributed by atoms with van der Waals surface area (Å²) in [5.74, 6) is 1.89. The SMILES string of the molecule is CCCCOCCOc1ccc(-c2cc(/C=C/C(=O)Nc3ccc([S@@+]([O-])Cc4cncn4CCC)cc3)c(OC)c(OC)c2)cc1. The topological polar surface area (TPSA) is 107 Å². The van der Waals surface area contributed by atoms with Crippen LogP contribution in [0.25, 0.3) is 17.2 Å². The molecule has 244 valence electrons. The van der Waals surface area contributed by atoms with Crippen LogP contribution in [0.3, 0.4) is 0 Å². The lowest BCUT2D eigenvalue weighted by Crippen LogP contribution is -2.11. The molecular weight excluding hydrogens is 602 g/mol. The predicted octanol–water partition coefficient (Wildman–Crippen LogP) is 7.13. The fraction of sp³-hybridized carbons (Fsp3) is 0.333. The van der Waals surface area contributed by atoms with Gasteiger partial charge in [-0.3, -0.25) is 4.79 Å². The minimum Gasteiger partial charge on any atom is -0.611 e. The van der Waals surface area contributed by atoms with Crippen LogP contribution in [0.2, 0.25) is 0 Å². The first-order chi connectivity index (χ1) is 22.4. The summed E-state index contributed by atoms with van der Waals surface area (Å²) < 4.78 is 37.6. The van der Waals surface area contributed by atoms with E-state index in [1.165, 1.54) is 6.08 Å². The Balaban J connectivity index is 1.39. The van der Waals surface area contributed by atoms with Gasteiger partial charge in [0.25, 0.3) is 0 Å². The van der Waals surface area contributed by atoms with Crippen molar-refractivity contribution >= 4 is 28.8 Å². The number of imidazole rings is 1. The predicted molar refractivity (Wildman–Crippen MR) is 183 cm³/mol. The first-order valence-corrected chi connectivity index (χ1v) is 16.8. The molecule has 1 aromatic heterocycles. The van der Waals surface area contributed by atoms with E-state index in [1.807, 2.05) is 41.0 Å². The Kier molecular flexibility index (Phi) is 13.6. The summed E-state index contributed by atoms with van der Waals surface area (Å²) >= 11 is -1.23. The summed E-state index contributed by atoms with van der Waals surface area (Å²) in [6.07, 6.45) is 9.80. The fourth-order valence-corrected chi connectivity index (χ4v) is 5.88. The Labute approximate surface area is 274 Å². The smallest absolute Gasteiger partial charge is 0.248 e. The number of carbonyl (C=O) groups is 1. The monoisotopic (exact) mass is 645 g/mol. The lowest BCUT2D eigenvalue weighted by Gasteiger charge is -2.14. The van der Waals surface area contributed by atoms with Crippen molar-refractivity contribution < 1.29 is 28.3 Å². The van der Waals surface area contributed by atoms with E-state index in [4.69, 9.17) is 18.9 Å². The second kappa shape index (κ2) is 18.0. The third kappa shape index (κ3) is 9.87. The number of benzene rings is 3. The highest BCUT2D eigenvalue weighted by atomic mass is 32.2. The van der Waals surface area contributed by atoms with E-state index in [2.05, 4.69) is 24.1 Å². The molecule has 1 atom stereocenters. The standard InChI is InChI=1S/C36H43N3O6S/c1-5-7-19-44-20-21-45-32-13-8-27(9-14-32)29-22-28(36(43-4)34(23-29)42-3)10-17-35(40)38-30-11-15-33(16-12-30)46(41)25-31-24-37-26-39(31)18-6-2/h8-17,22-24,26H,5-7,18-21,25H2,1-4H3,(H,38,40)/b17-10+/t46-/m0/s1. The maximum atomic E-state index is 12.9. The molecule has 0 saturated heterocycles. The second-order valence-corrected chi connectivity index (χ2v) is 12.0. The van der Waals surface area contributed by atoms with Crippen LogP contribution in [0.15, 0.2) is 84.2 Å². The van der Waals surface area contributed by atoms with Gasteiger partial charge >= 0.3 is 0 Å². The van der Waals surface area contributed by atoms with Crippen LogP contribution in [0.1, 0.15) is 44.4 Å². The highest BCUT2D eigenvalue weighted by Crippen LogP contribution is 2.37. The molecule has 4 rings (SSSR count). The van der Waals surface area contributed by atoms with Crippen molar-refractivity contribution in [3.63, 3.8) is 0 Å². The number of rotatable bonds is 18. The zero-order chi connectivity index (χ0) is 32.7. The average Bonchev–Trinajstić information content (AvgIpc) is 3.51. The molecule has 46 heavy (non-hydrogen) atoms. The number of hydrogen-bond acceptors (Lipinski definition) is 7. The van der Waals surface area contributed by atoms with E-state index in [1.54, 1.807) is 57.1 Å². The van der Waals surface area contributed by atoms with Crippen LogP contribution in [-0.2, 0) is 33.0 Å². The Morgan fingerprint density at radius 1 is 0.957 bits per heavy atom. The summed E-state index contributed by atoms with van der Waals surface area (Å²) in [4.78, 5) is 17.7. The molecule has 0 radical (unpaired) electrons. The maximum absolute atomic E-state index is 12.9. The molecule has 1 amide bonds. The Morgan fingerprint density at radius 3 is 2.43 bits per heavy atom. The van der Waals surface area contributed by atoms with Gasteiger partial charge in [0.15, 0.2) is 22.1 Å². The third-order valence-corrected chi connectivity index (χ3v) is 8.53. The van der Waals surface area contributed by atoms with Gasteiger partial charge in [-0.1, -0.05) is 32.4 Å². The molecule has 4 aromatic rings. The third-order valence-electron chi connectivity index (χ3n) is 7.17.